The molecule has 0 bridgehead atoms. The van der Waals surface area contributed by atoms with Gasteiger partial charge in [-0.3, -0.25) is 19.7 Å². The van der Waals surface area contributed by atoms with E-state index in [1.165, 1.54) is 36.9 Å². The maximum atomic E-state index is 11.9. The highest BCUT2D eigenvalue weighted by Crippen LogP contribution is 2.27. The average molecular weight is 395 g/mol. The van der Waals surface area contributed by atoms with Crippen molar-refractivity contribution in [2.24, 2.45) is 0 Å². The van der Waals surface area contributed by atoms with Gasteiger partial charge in [-0.2, -0.15) is 0 Å². The van der Waals surface area contributed by atoms with Crippen LogP contribution in [-0.2, 0) is 14.3 Å². The number of benzene rings is 2. The second-order valence-corrected chi connectivity index (χ2v) is 6.56. The molecule has 0 aliphatic heterocycles. The SMILES string of the molecule is Cc1c(NC(=O)COC(=O)CSc2ccccc2Cl)cccc1[N+](=O)[O-]. The number of halogens is 1. The predicted octanol–water partition coefficient (Wildman–Crippen LogP) is 3.83. The molecule has 7 nitrogen and oxygen atoms in total. The number of nitro benzene ring substituents is 1. The molecule has 0 unspecified atom stereocenters. The van der Waals surface area contributed by atoms with Gasteiger partial charge < -0.3 is 10.1 Å². The van der Waals surface area contributed by atoms with Crippen LogP contribution in [0.5, 0.6) is 0 Å². The van der Waals surface area contributed by atoms with Crippen LogP contribution in [0, 0.1) is 17.0 Å². The lowest BCUT2D eigenvalue weighted by molar-refractivity contribution is -0.385. The second kappa shape index (κ2) is 9.21. The van der Waals surface area contributed by atoms with Gasteiger partial charge in [-0.15, -0.1) is 11.8 Å². The van der Waals surface area contributed by atoms with Crippen LogP contribution in [0.1, 0.15) is 5.56 Å². The van der Waals surface area contributed by atoms with E-state index in [1.807, 2.05) is 0 Å². The number of anilines is 1. The van der Waals surface area contributed by atoms with E-state index in [-0.39, 0.29) is 11.4 Å². The van der Waals surface area contributed by atoms with Crippen molar-refractivity contribution in [3.63, 3.8) is 0 Å². The highest BCUT2D eigenvalue weighted by molar-refractivity contribution is 8.00. The summed E-state index contributed by atoms with van der Waals surface area (Å²) in [6.45, 7) is 1.05. The number of amides is 1. The Morgan fingerprint density at radius 1 is 1.23 bits per heavy atom. The molecule has 2 aromatic rings. The van der Waals surface area contributed by atoms with Gasteiger partial charge in [0.2, 0.25) is 0 Å². The quantitative estimate of drug-likeness (QED) is 0.331. The molecule has 1 amide bonds. The van der Waals surface area contributed by atoms with E-state index in [0.29, 0.717) is 16.3 Å². The van der Waals surface area contributed by atoms with Crippen LogP contribution in [-0.4, -0.2) is 29.2 Å². The molecule has 0 radical (unpaired) electrons. The Morgan fingerprint density at radius 2 is 1.96 bits per heavy atom. The summed E-state index contributed by atoms with van der Waals surface area (Å²) in [5.41, 5.74) is 0.521. The first-order chi connectivity index (χ1) is 12.4. The van der Waals surface area contributed by atoms with Crippen LogP contribution in [0.15, 0.2) is 47.4 Å². The minimum absolute atomic E-state index is 0.00680. The molecule has 136 valence electrons. The molecule has 2 aromatic carbocycles. The summed E-state index contributed by atoms with van der Waals surface area (Å²) in [6, 6.07) is 11.4. The number of carbonyl (C=O) groups excluding carboxylic acids is 2. The third-order valence-electron chi connectivity index (χ3n) is 3.32. The summed E-state index contributed by atoms with van der Waals surface area (Å²) in [5, 5.41) is 13.9. The van der Waals surface area contributed by atoms with Gasteiger partial charge >= 0.3 is 5.97 Å². The van der Waals surface area contributed by atoms with Crippen LogP contribution >= 0.6 is 23.4 Å². The number of hydrogen-bond acceptors (Lipinski definition) is 6. The maximum absolute atomic E-state index is 11.9. The predicted molar refractivity (Wildman–Crippen MR) is 99.6 cm³/mol. The molecule has 26 heavy (non-hydrogen) atoms. The number of nitro groups is 1. The van der Waals surface area contributed by atoms with E-state index < -0.39 is 23.4 Å². The summed E-state index contributed by atoms with van der Waals surface area (Å²) in [5.74, 6) is -1.14. The number of hydrogen-bond donors (Lipinski definition) is 1. The molecular weight excluding hydrogens is 380 g/mol. The van der Waals surface area contributed by atoms with Gasteiger partial charge in [-0.25, -0.2) is 0 Å². The van der Waals surface area contributed by atoms with Crippen LogP contribution in [0.3, 0.4) is 0 Å². The number of thioether (sulfide) groups is 1. The van der Waals surface area contributed by atoms with Gasteiger partial charge in [0, 0.05) is 11.0 Å². The zero-order valence-electron chi connectivity index (χ0n) is 13.7. The van der Waals surface area contributed by atoms with Gasteiger partial charge in [0.15, 0.2) is 6.61 Å². The summed E-state index contributed by atoms with van der Waals surface area (Å²) < 4.78 is 4.91. The van der Waals surface area contributed by atoms with Crippen LogP contribution in [0.25, 0.3) is 0 Å². The Hall–Kier alpha value is -2.58. The van der Waals surface area contributed by atoms with Crippen molar-refractivity contribution in [1.82, 2.24) is 0 Å². The molecule has 2 rings (SSSR count). The van der Waals surface area contributed by atoms with Gasteiger partial charge in [-0.05, 0) is 25.1 Å². The molecule has 9 heteroatoms. The standard InChI is InChI=1S/C17H15ClN2O5S/c1-11-13(6-4-7-14(11)20(23)24)19-16(21)9-25-17(22)10-26-15-8-3-2-5-12(15)18/h2-8H,9-10H2,1H3,(H,19,21). The zero-order chi connectivity index (χ0) is 19.1. The highest BCUT2D eigenvalue weighted by atomic mass is 35.5. The van der Waals surface area contributed by atoms with E-state index in [0.717, 1.165) is 4.90 Å². The van der Waals surface area contributed by atoms with Crippen molar-refractivity contribution >= 4 is 46.6 Å². The lowest BCUT2D eigenvalue weighted by Crippen LogP contribution is -2.22. The normalized spacial score (nSPS) is 10.2. The number of carbonyl (C=O) groups is 2. The van der Waals surface area contributed by atoms with Gasteiger partial charge in [0.25, 0.3) is 11.6 Å². The average Bonchev–Trinajstić information content (AvgIpc) is 2.61. The number of nitrogens with zero attached hydrogens (tertiary/aromatic N) is 1. The van der Waals surface area contributed by atoms with E-state index >= 15 is 0 Å². The zero-order valence-corrected chi connectivity index (χ0v) is 15.3. The maximum Gasteiger partial charge on any atom is 0.316 e. The molecule has 0 aromatic heterocycles. The molecule has 0 aliphatic carbocycles. The summed E-state index contributed by atoms with van der Waals surface area (Å²) in [4.78, 5) is 34.7. The Bertz CT molecular complexity index is 844. The monoisotopic (exact) mass is 394 g/mol. The highest BCUT2D eigenvalue weighted by Gasteiger charge is 2.15. The molecule has 0 aliphatic rings. The van der Waals surface area contributed by atoms with E-state index in [9.17, 15) is 19.7 Å². The molecule has 0 fully saturated rings. The van der Waals surface area contributed by atoms with E-state index in [2.05, 4.69) is 5.32 Å². The lowest BCUT2D eigenvalue weighted by Gasteiger charge is -2.09. The number of esters is 1. The molecule has 0 atom stereocenters. The van der Waals surface area contributed by atoms with Crippen molar-refractivity contribution in [3.05, 3.63) is 63.2 Å². The first-order valence-electron chi connectivity index (χ1n) is 7.45. The van der Waals surface area contributed by atoms with Crippen molar-refractivity contribution in [2.45, 2.75) is 11.8 Å². The summed E-state index contributed by atoms with van der Waals surface area (Å²) in [6.07, 6.45) is 0. The minimum Gasteiger partial charge on any atom is -0.455 e. The number of rotatable bonds is 7. The fourth-order valence-electron chi connectivity index (χ4n) is 2.03. The first kappa shape index (κ1) is 19.7. The number of nitrogens with one attached hydrogen (secondary N) is 1. The van der Waals surface area contributed by atoms with Crippen LogP contribution in [0.2, 0.25) is 5.02 Å². The lowest BCUT2D eigenvalue weighted by atomic mass is 10.1. The molecule has 0 heterocycles. The second-order valence-electron chi connectivity index (χ2n) is 5.13. The van der Waals surface area contributed by atoms with Crippen molar-refractivity contribution in [2.75, 3.05) is 17.7 Å². The molecular formula is C17H15ClN2O5S. The van der Waals surface area contributed by atoms with Crippen molar-refractivity contribution in [1.29, 1.82) is 0 Å². The largest absolute Gasteiger partial charge is 0.455 e. The van der Waals surface area contributed by atoms with Gasteiger partial charge in [0.05, 0.1) is 26.9 Å². The van der Waals surface area contributed by atoms with Crippen LogP contribution in [0.4, 0.5) is 11.4 Å². The Kier molecular flexibility index (Phi) is 6.99. The Labute approximate surface area is 158 Å². The summed E-state index contributed by atoms with van der Waals surface area (Å²) >= 11 is 7.20. The topological polar surface area (TPSA) is 98.5 Å². The molecule has 1 N–H and O–H groups in total. The Morgan fingerprint density at radius 3 is 2.65 bits per heavy atom. The van der Waals surface area contributed by atoms with Gasteiger partial charge in [-0.1, -0.05) is 29.8 Å². The molecule has 0 saturated heterocycles. The van der Waals surface area contributed by atoms with Crippen LogP contribution < -0.4 is 5.32 Å². The molecule has 0 saturated carbocycles. The fraction of sp³-hybridized carbons (Fsp3) is 0.176. The third kappa shape index (κ3) is 5.47. The van der Waals surface area contributed by atoms with Crippen molar-refractivity contribution < 1.29 is 19.2 Å². The van der Waals surface area contributed by atoms with Crippen molar-refractivity contribution in [3.8, 4) is 0 Å². The van der Waals surface area contributed by atoms with Gasteiger partial charge in [0.1, 0.15) is 0 Å². The van der Waals surface area contributed by atoms with E-state index in [4.69, 9.17) is 16.3 Å². The Balaban J connectivity index is 1.83. The fourth-order valence-corrected chi connectivity index (χ4v) is 3.07. The first-order valence-corrected chi connectivity index (χ1v) is 8.81. The molecule has 0 spiro atoms. The smallest absolute Gasteiger partial charge is 0.316 e. The minimum atomic E-state index is -0.579. The summed E-state index contributed by atoms with van der Waals surface area (Å²) in [7, 11) is 0. The van der Waals surface area contributed by atoms with E-state index in [1.54, 1.807) is 24.3 Å². The third-order valence-corrected chi connectivity index (χ3v) is 4.81. The number of ether oxygens (including phenoxy) is 1.